The van der Waals surface area contributed by atoms with E-state index in [9.17, 15) is 33.9 Å². The molecule has 0 aliphatic carbocycles. The van der Waals surface area contributed by atoms with Crippen LogP contribution in [0.25, 0.3) is 0 Å². The first-order valence-corrected chi connectivity index (χ1v) is 9.30. The molecule has 4 unspecified atom stereocenters. The molecule has 31 heavy (non-hydrogen) atoms. The number of aliphatic carboxylic acids is 2. The lowest BCUT2D eigenvalue weighted by Gasteiger charge is -2.26. The van der Waals surface area contributed by atoms with E-state index in [-0.39, 0.29) is 12.8 Å². The predicted octanol–water partition coefficient (Wildman–Crippen LogP) is -3.76. The second-order valence-corrected chi connectivity index (χ2v) is 7.08. The average molecular weight is 447 g/mol. The molecule has 0 aliphatic heterocycles. The van der Waals surface area contributed by atoms with E-state index in [1.807, 2.05) is 0 Å². The van der Waals surface area contributed by atoms with Crippen molar-refractivity contribution in [3.8, 4) is 0 Å². The summed E-state index contributed by atoms with van der Waals surface area (Å²) in [4.78, 5) is 69.5. The standard InChI is InChI=1S/C17H29N5O9/c1-7(2)13(22-14(27)8(18)5-12(25)26)16(29)21-10(6-23)15(28)20-9(17(30)31)3-4-11(19)24/h7-10,13,23H,3-6,18H2,1-2H3,(H2,19,24)(H,20,28)(H,21,29)(H,22,27)(H,25,26)(H,30,31). The molecule has 10 N–H and O–H groups in total. The van der Waals surface area contributed by atoms with Crippen LogP contribution in [0.2, 0.25) is 0 Å². The molecule has 0 bridgehead atoms. The van der Waals surface area contributed by atoms with Crippen LogP contribution in [-0.2, 0) is 28.8 Å². The number of aliphatic hydroxyl groups excluding tert-OH is 1. The predicted molar refractivity (Wildman–Crippen MR) is 104 cm³/mol. The molecule has 4 atom stereocenters. The van der Waals surface area contributed by atoms with Gasteiger partial charge in [0.15, 0.2) is 0 Å². The van der Waals surface area contributed by atoms with Crippen molar-refractivity contribution in [2.24, 2.45) is 17.4 Å². The lowest BCUT2D eigenvalue weighted by molar-refractivity contribution is -0.143. The fourth-order valence-electron chi connectivity index (χ4n) is 2.35. The monoisotopic (exact) mass is 447 g/mol. The van der Waals surface area contributed by atoms with Gasteiger partial charge in [-0.1, -0.05) is 13.8 Å². The van der Waals surface area contributed by atoms with Gasteiger partial charge in [0.25, 0.3) is 0 Å². The fourth-order valence-corrected chi connectivity index (χ4v) is 2.35. The zero-order chi connectivity index (χ0) is 24.3. The van der Waals surface area contributed by atoms with Gasteiger partial charge in [-0.3, -0.25) is 24.0 Å². The van der Waals surface area contributed by atoms with Crippen molar-refractivity contribution in [2.75, 3.05) is 6.61 Å². The molecule has 0 aromatic carbocycles. The van der Waals surface area contributed by atoms with Gasteiger partial charge in [-0.05, 0) is 12.3 Å². The van der Waals surface area contributed by atoms with Crippen LogP contribution in [0.4, 0.5) is 0 Å². The molecule has 0 rings (SSSR count). The minimum absolute atomic E-state index is 0.297. The second kappa shape index (κ2) is 13.1. The van der Waals surface area contributed by atoms with Gasteiger partial charge in [0.05, 0.1) is 19.1 Å². The molecular formula is C17H29N5O9. The average Bonchev–Trinajstić information content (AvgIpc) is 2.65. The van der Waals surface area contributed by atoms with Gasteiger partial charge in [-0.15, -0.1) is 0 Å². The van der Waals surface area contributed by atoms with E-state index in [2.05, 4.69) is 16.0 Å². The molecule has 0 aromatic rings. The van der Waals surface area contributed by atoms with Gasteiger partial charge >= 0.3 is 11.9 Å². The molecular weight excluding hydrogens is 418 g/mol. The van der Waals surface area contributed by atoms with Crippen molar-refractivity contribution >= 4 is 35.6 Å². The quantitative estimate of drug-likeness (QED) is 0.129. The van der Waals surface area contributed by atoms with Gasteiger partial charge in [-0.2, -0.15) is 0 Å². The Balaban J connectivity index is 5.17. The van der Waals surface area contributed by atoms with E-state index in [0.29, 0.717) is 0 Å². The molecule has 0 spiro atoms. The van der Waals surface area contributed by atoms with Gasteiger partial charge < -0.3 is 42.7 Å². The Morgan fingerprint density at radius 3 is 1.84 bits per heavy atom. The highest BCUT2D eigenvalue weighted by Crippen LogP contribution is 2.05. The van der Waals surface area contributed by atoms with Crippen LogP contribution < -0.4 is 27.4 Å². The van der Waals surface area contributed by atoms with Crippen LogP contribution in [0.15, 0.2) is 0 Å². The highest BCUT2D eigenvalue weighted by atomic mass is 16.4. The normalized spacial score (nSPS) is 14.6. The fraction of sp³-hybridized carbons (Fsp3) is 0.647. The molecule has 0 aliphatic rings. The third-order valence-corrected chi connectivity index (χ3v) is 4.09. The summed E-state index contributed by atoms with van der Waals surface area (Å²) in [5.74, 6) is -6.87. The molecule has 0 saturated heterocycles. The Bertz CT molecular complexity index is 697. The van der Waals surface area contributed by atoms with Crippen molar-refractivity contribution in [1.29, 1.82) is 0 Å². The smallest absolute Gasteiger partial charge is 0.326 e. The van der Waals surface area contributed by atoms with E-state index in [1.165, 1.54) is 0 Å². The third-order valence-electron chi connectivity index (χ3n) is 4.09. The van der Waals surface area contributed by atoms with E-state index in [0.717, 1.165) is 0 Å². The first-order chi connectivity index (χ1) is 14.3. The zero-order valence-electron chi connectivity index (χ0n) is 17.2. The van der Waals surface area contributed by atoms with E-state index in [1.54, 1.807) is 13.8 Å². The van der Waals surface area contributed by atoms with Crippen molar-refractivity contribution < 1.29 is 44.1 Å². The Morgan fingerprint density at radius 1 is 0.871 bits per heavy atom. The van der Waals surface area contributed by atoms with E-state index < -0.39 is 78.7 Å². The summed E-state index contributed by atoms with van der Waals surface area (Å²) in [6.07, 6.45) is -1.28. The van der Waals surface area contributed by atoms with Crippen LogP contribution in [0.1, 0.15) is 33.1 Å². The molecule has 0 fully saturated rings. The van der Waals surface area contributed by atoms with Gasteiger partial charge in [0.1, 0.15) is 18.1 Å². The zero-order valence-corrected chi connectivity index (χ0v) is 17.2. The van der Waals surface area contributed by atoms with Crippen molar-refractivity contribution in [3.05, 3.63) is 0 Å². The molecule has 0 radical (unpaired) electrons. The van der Waals surface area contributed by atoms with Crippen molar-refractivity contribution in [3.63, 3.8) is 0 Å². The molecule has 0 heterocycles. The number of carbonyl (C=O) groups excluding carboxylic acids is 4. The number of hydrogen-bond acceptors (Lipinski definition) is 8. The van der Waals surface area contributed by atoms with Crippen molar-refractivity contribution in [2.45, 2.75) is 57.3 Å². The Morgan fingerprint density at radius 2 is 1.42 bits per heavy atom. The highest BCUT2D eigenvalue weighted by molar-refractivity contribution is 5.95. The maximum Gasteiger partial charge on any atom is 0.326 e. The third kappa shape index (κ3) is 10.4. The second-order valence-electron chi connectivity index (χ2n) is 7.08. The number of carboxylic acid groups (broad SMARTS) is 2. The molecule has 176 valence electrons. The Hall–Kier alpha value is -3.26. The van der Waals surface area contributed by atoms with E-state index in [4.69, 9.17) is 21.7 Å². The number of aliphatic hydroxyl groups is 1. The lowest BCUT2D eigenvalue weighted by Crippen LogP contribution is -2.59. The number of rotatable bonds is 14. The summed E-state index contributed by atoms with van der Waals surface area (Å²) in [5, 5.41) is 33.8. The van der Waals surface area contributed by atoms with Gasteiger partial charge in [0.2, 0.25) is 23.6 Å². The highest BCUT2D eigenvalue weighted by Gasteiger charge is 2.31. The number of hydrogen-bond donors (Lipinski definition) is 8. The SMILES string of the molecule is CC(C)C(NC(=O)C(N)CC(=O)O)C(=O)NC(CO)C(=O)NC(CCC(N)=O)C(=O)O. The Labute approximate surface area is 177 Å². The number of primary amides is 1. The number of carbonyl (C=O) groups is 6. The maximum atomic E-state index is 12.5. The summed E-state index contributed by atoms with van der Waals surface area (Å²) >= 11 is 0. The molecule has 0 saturated carbocycles. The summed E-state index contributed by atoms with van der Waals surface area (Å²) in [5.41, 5.74) is 10.4. The maximum absolute atomic E-state index is 12.5. The topological polar surface area (TPSA) is 251 Å². The number of nitrogens with two attached hydrogens (primary N) is 2. The number of nitrogens with one attached hydrogen (secondary N) is 3. The summed E-state index contributed by atoms with van der Waals surface area (Å²) in [6.45, 7) is 2.23. The lowest BCUT2D eigenvalue weighted by atomic mass is 10.0. The molecule has 0 aromatic heterocycles. The van der Waals surface area contributed by atoms with Crippen LogP contribution >= 0.6 is 0 Å². The summed E-state index contributed by atoms with van der Waals surface area (Å²) in [7, 11) is 0. The minimum Gasteiger partial charge on any atom is -0.481 e. The first kappa shape index (κ1) is 27.7. The van der Waals surface area contributed by atoms with Crippen molar-refractivity contribution in [1.82, 2.24) is 16.0 Å². The minimum atomic E-state index is -1.56. The largest absolute Gasteiger partial charge is 0.481 e. The van der Waals surface area contributed by atoms with E-state index >= 15 is 0 Å². The van der Waals surface area contributed by atoms with Gasteiger partial charge in [-0.25, -0.2) is 4.79 Å². The van der Waals surface area contributed by atoms with Crippen LogP contribution in [0, 0.1) is 5.92 Å². The van der Waals surface area contributed by atoms with Crippen LogP contribution in [-0.4, -0.2) is 81.7 Å². The summed E-state index contributed by atoms with van der Waals surface area (Å²) < 4.78 is 0. The van der Waals surface area contributed by atoms with Crippen LogP contribution in [0.5, 0.6) is 0 Å². The Kier molecular flexibility index (Phi) is 11.7. The molecule has 14 heteroatoms. The number of carboxylic acids is 2. The van der Waals surface area contributed by atoms with Crippen LogP contribution in [0.3, 0.4) is 0 Å². The van der Waals surface area contributed by atoms with Gasteiger partial charge in [0, 0.05) is 6.42 Å². The summed E-state index contributed by atoms with van der Waals surface area (Å²) in [6, 6.07) is -5.68. The number of amides is 4. The molecule has 4 amide bonds. The first-order valence-electron chi connectivity index (χ1n) is 9.30. The molecule has 14 nitrogen and oxygen atoms in total.